The molecule has 102 valence electrons. The molecule has 0 radical (unpaired) electrons. The summed E-state index contributed by atoms with van der Waals surface area (Å²) in [4.78, 5) is 25.4. The van der Waals surface area contributed by atoms with E-state index in [0.717, 1.165) is 42.0 Å². The zero-order chi connectivity index (χ0) is 13.8. The van der Waals surface area contributed by atoms with E-state index < -0.39 is 0 Å². The van der Waals surface area contributed by atoms with Crippen LogP contribution in [0.4, 0.5) is 5.69 Å². The Labute approximate surface area is 118 Å². The number of amides is 1. The van der Waals surface area contributed by atoms with Gasteiger partial charge in [0.2, 0.25) is 5.91 Å². The zero-order valence-electron chi connectivity index (χ0n) is 11.4. The minimum atomic E-state index is 0.0764. The largest absolute Gasteiger partial charge is 0.312 e. The molecule has 0 bridgehead atoms. The van der Waals surface area contributed by atoms with Crippen molar-refractivity contribution in [1.29, 1.82) is 0 Å². The fourth-order valence-electron chi connectivity index (χ4n) is 2.38. The van der Waals surface area contributed by atoms with Crippen LogP contribution in [0.25, 0.3) is 0 Å². The molecular weight excluding hydrogens is 258 g/mol. The molecule has 2 rings (SSSR count). The molecule has 3 nitrogen and oxygen atoms in total. The lowest BCUT2D eigenvalue weighted by Gasteiger charge is -2.17. The van der Waals surface area contributed by atoms with E-state index in [1.165, 1.54) is 0 Å². The SMILES string of the molecule is CSCCCC(=O)N1CCc2cc(C(C)=O)ccc21. The molecule has 1 aromatic carbocycles. The maximum Gasteiger partial charge on any atom is 0.227 e. The second kappa shape index (κ2) is 6.24. The summed E-state index contributed by atoms with van der Waals surface area (Å²) in [5, 5.41) is 0. The molecule has 1 amide bonds. The number of ketones is 1. The molecule has 1 aliphatic heterocycles. The number of benzene rings is 1. The summed E-state index contributed by atoms with van der Waals surface area (Å²) in [6.45, 7) is 2.32. The normalized spacial score (nSPS) is 13.5. The number of fused-ring (bicyclic) bond motifs is 1. The number of hydrogen-bond donors (Lipinski definition) is 0. The number of nitrogens with zero attached hydrogens (tertiary/aromatic N) is 1. The number of rotatable bonds is 5. The molecule has 0 atom stereocenters. The highest BCUT2D eigenvalue weighted by atomic mass is 32.2. The van der Waals surface area contributed by atoms with Crippen molar-refractivity contribution >= 4 is 29.1 Å². The van der Waals surface area contributed by atoms with Gasteiger partial charge in [-0.2, -0.15) is 11.8 Å². The summed E-state index contributed by atoms with van der Waals surface area (Å²) in [7, 11) is 0. The Hall–Kier alpha value is -1.29. The van der Waals surface area contributed by atoms with Gasteiger partial charge in [-0.25, -0.2) is 0 Å². The Balaban J connectivity index is 2.09. The molecule has 0 N–H and O–H groups in total. The Bertz CT molecular complexity index is 499. The van der Waals surface area contributed by atoms with Crippen LogP contribution in [0.1, 0.15) is 35.7 Å². The van der Waals surface area contributed by atoms with Crippen molar-refractivity contribution in [3.8, 4) is 0 Å². The van der Waals surface area contributed by atoms with Gasteiger partial charge in [-0.05, 0) is 55.5 Å². The van der Waals surface area contributed by atoms with Crippen LogP contribution in [0.2, 0.25) is 0 Å². The van der Waals surface area contributed by atoms with E-state index in [1.54, 1.807) is 18.7 Å². The van der Waals surface area contributed by atoms with E-state index in [-0.39, 0.29) is 11.7 Å². The number of carbonyl (C=O) groups is 2. The Morgan fingerprint density at radius 3 is 2.84 bits per heavy atom. The van der Waals surface area contributed by atoms with Crippen molar-refractivity contribution in [2.45, 2.75) is 26.2 Å². The number of carbonyl (C=O) groups excluding carboxylic acids is 2. The fraction of sp³-hybridized carbons (Fsp3) is 0.467. The van der Waals surface area contributed by atoms with Gasteiger partial charge < -0.3 is 4.90 Å². The topological polar surface area (TPSA) is 37.4 Å². The van der Waals surface area contributed by atoms with Gasteiger partial charge in [0, 0.05) is 24.2 Å². The van der Waals surface area contributed by atoms with Crippen LogP contribution in [-0.2, 0) is 11.2 Å². The van der Waals surface area contributed by atoms with E-state index in [1.807, 2.05) is 23.1 Å². The Kier molecular flexibility index (Phi) is 4.64. The molecule has 19 heavy (non-hydrogen) atoms. The first kappa shape index (κ1) is 14.1. The molecular formula is C15H19NO2S. The van der Waals surface area contributed by atoms with Crippen molar-refractivity contribution < 1.29 is 9.59 Å². The van der Waals surface area contributed by atoms with Gasteiger partial charge >= 0.3 is 0 Å². The van der Waals surface area contributed by atoms with Gasteiger partial charge in [-0.1, -0.05) is 0 Å². The molecule has 1 aromatic rings. The van der Waals surface area contributed by atoms with Crippen LogP contribution in [0, 0.1) is 0 Å². The first-order valence-electron chi connectivity index (χ1n) is 6.56. The zero-order valence-corrected chi connectivity index (χ0v) is 12.3. The minimum Gasteiger partial charge on any atom is -0.312 e. The van der Waals surface area contributed by atoms with Crippen LogP contribution in [0.5, 0.6) is 0 Å². The molecule has 0 aromatic heterocycles. The molecule has 0 unspecified atom stereocenters. The summed E-state index contributed by atoms with van der Waals surface area (Å²) in [5.74, 6) is 1.30. The van der Waals surface area contributed by atoms with Gasteiger partial charge in [0.05, 0.1) is 0 Å². The Morgan fingerprint density at radius 1 is 1.37 bits per heavy atom. The molecule has 1 heterocycles. The average Bonchev–Trinajstić information content (AvgIpc) is 2.81. The third-order valence-corrected chi connectivity index (χ3v) is 4.12. The van der Waals surface area contributed by atoms with E-state index >= 15 is 0 Å². The van der Waals surface area contributed by atoms with E-state index in [0.29, 0.717) is 6.42 Å². The second-order valence-electron chi connectivity index (χ2n) is 4.79. The average molecular weight is 277 g/mol. The quantitative estimate of drug-likeness (QED) is 0.613. The predicted molar refractivity (Wildman–Crippen MR) is 80.1 cm³/mol. The highest BCUT2D eigenvalue weighted by Gasteiger charge is 2.24. The number of thioether (sulfide) groups is 1. The van der Waals surface area contributed by atoms with Crippen LogP contribution in [-0.4, -0.2) is 30.2 Å². The molecule has 0 fully saturated rings. The standard InChI is InChI=1S/C15H19NO2S/c1-11(17)12-5-6-14-13(10-12)7-8-16(14)15(18)4-3-9-19-2/h5-6,10H,3-4,7-9H2,1-2H3. The Morgan fingerprint density at radius 2 is 2.16 bits per heavy atom. The number of anilines is 1. The van der Waals surface area contributed by atoms with Crippen molar-refractivity contribution in [3.05, 3.63) is 29.3 Å². The van der Waals surface area contributed by atoms with Crippen LogP contribution < -0.4 is 4.90 Å². The monoisotopic (exact) mass is 277 g/mol. The summed E-state index contributed by atoms with van der Waals surface area (Å²) in [6.07, 6.45) is 4.44. The molecule has 0 saturated carbocycles. The predicted octanol–water partition coefficient (Wildman–Crippen LogP) is 2.92. The maximum atomic E-state index is 12.2. The molecule has 0 saturated heterocycles. The lowest BCUT2D eigenvalue weighted by Crippen LogP contribution is -2.28. The van der Waals surface area contributed by atoms with Gasteiger partial charge in [0.25, 0.3) is 0 Å². The van der Waals surface area contributed by atoms with Crippen molar-refractivity contribution in [3.63, 3.8) is 0 Å². The minimum absolute atomic E-state index is 0.0764. The van der Waals surface area contributed by atoms with Crippen molar-refractivity contribution in [2.24, 2.45) is 0 Å². The number of hydrogen-bond acceptors (Lipinski definition) is 3. The highest BCUT2D eigenvalue weighted by Crippen LogP contribution is 2.29. The summed E-state index contributed by atoms with van der Waals surface area (Å²) < 4.78 is 0. The molecule has 0 spiro atoms. The maximum absolute atomic E-state index is 12.2. The third kappa shape index (κ3) is 3.18. The van der Waals surface area contributed by atoms with Gasteiger partial charge in [-0.15, -0.1) is 0 Å². The lowest BCUT2D eigenvalue weighted by atomic mass is 10.1. The number of Topliss-reactive ketones (excluding diaryl/α,β-unsaturated/α-hetero) is 1. The van der Waals surface area contributed by atoms with Crippen molar-refractivity contribution in [2.75, 3.05) is 23.5 Å². The summed E-state index contributed by atoms with van der Waals surface area (Å²) in [5.41, 5.74) is 2.83. The van der Waals surface area contributed by atoms with Gasteiger partial charge in [0.1, 0.15) is 0 Å². The van der Waals surface area contributed by atoms with Crippen LogP contribution in [0.15, 0.2) is 18.2 Å². The lowest BCUT2D eigenvalue weighted by molar-refractivity contribution is -0.118. The van der Waals surface area contributed by atoms with Crippen LogP contribution in [0.3, 0.4) is 0 Å². The van der Waals surface area contributed by atoms with Gasteiger partial charge in [0.15, 0.2) is 5.78 Å². The van der Waals surface area contributed by atoms with E-state index in [4.69, 9.17) is 0 Å². The fourth-order valence-corrected chi connectivity index (χ4v) is 2.82. The first-order chi connectivity index (χ1) is 9.13. The van der Waals surface area contributed by atoms with E-state index in [2.05, 4.69) is 6.26 Å². The highest BCUT2D eigenvalue weighted by molar-refractivity contribution is 7.98. The summed E-state index contributed by atoms with van der Waals surface area (Å²) >= 11 is 1.77. The van der Waals surface area contributed by atoms with Crippen molar-refractivity contribution in [1.82, 2.24) is 0 Å². The molecule has 4 heteroatoms. The summed E-state index contributed by atoms with van der Waals surface area (Å²) in [6, 6.07) is 5.65. The molecule has 0 aliphatic carbocycles. The van der Waals surface area contributed by atoms with Gasteiger partial charge in [-0.3, -0.25) is 9.59 Å². The van der Waals surface area contributed by atoms with E-state index in [9.17, 15) is 9.59 Å². The molecule has 1 aliphatic rings. The smallest absolute Gasteiger partial charge is 0.227 e. The van der Waals surface area contributed by atoms with Crippen LogP contribution >= 0.6 is 11.8 Å². The second-order valence-corrected chi connectivity index (χ2v) is 5.78. The first-order valence-corrected chi connectivity index (χ1v) is 7.96. The third-order valence-electron chi connectivity index (χ3n) is 3.42.